The Hall–Kier alpha value is -1.56. The fraction of sp³-hybridized carbons (Fsp3) is 0.500. The molecule has 0 unspecified atom stereocenters. The first-order valence-electron chi connectivity index (χ1n) is 4.67. The molecule has 0 fully saturated rings. The standard InChI is InChI=1S/C10H13ClO6/c1-7(13)15-5-10(16-6-12)9(3-4-11)17-8(2)14/h3-4,6,9-10H,5H2,1-2H3/b4-3+/t9-,10+/m0/s1. The van der Waals surface area contributed by atoms with Gasteiger partial charge < -0.3 is 14.2 Å². The molecule has 0 spiro atoms. The van der Waals surface area contributed by atoms with Crippen molar-refractivity contribution in [2.24, 2.45) is 0 Å². The zero-order valence-electron chi connectivity index (χ0n) is 9.42. The number of halogens is 1. The SMILES string of the molecule is CC(=O)OC[C@@H](OC=O)[C@H](/C=C/Cl)OC(C)=O. The third-order valence-electron chi connectivity index (χ3n) is 1.61. The predicted octanol–water partition coefficient (Wildman–Crippen LogP) is 0.775. The van der Waals surface area contributed by atoms with Gasteiger partial charge in [-0.3, -0.25) is 14.4 Å². The lowest BCUT2D eigenvalue weighted by atomic mass is 10.2. The van der Waals surface area contributed by atoms with Gasteiger partial charge in [0, 0.05) is 19.4 Å². The smallest absolute Gasteiger partial charge is 0.303 e. The average molecular weight is 265 g/mol. The molecule has 0 rings (SSSR count). The van der Waals surface area contributed by atoms with Crippen molar-refractivity contribution in [3.05, 3.63) is 11.6 Å². The molecule has 0 N–H and O–H groups in total. The lowest BCUT2D eigenvalue weighted by Gasteiger charge is -2.22. The highest BCUT2D eigenvalue weighted by molar-refractivity contribution is 6.25. The Morgan fingerprint density at radius 1 is 1.29 bits per heavy atom. The van der Waals surface area contributed by atoms with Crippen molar-refractivity contribution in [3.63, 3.8) is 0 Å². The molecular weight excluding hydrogens is 252 g/mol. The first-order valence-corrected chi connectivity index (χ1v) is 5.11. The van der Waals surface area contributed by atoms with Gasteiger partial charge in [-0.25, -0.2) is 0 Å². The summed E-state index contributed by atoms with van der Waals surface area (Å²) in [6.45, 7) is 2.34. The van der Waals surface area contributed by atoms with E-state index in [0.717, 1.165) is 5.54 Å². The average Bonchev–Trinajstić information content (AvgIpc) is 2.22. The second kappa shape index (κ2) is 8.58. The highest BCUT2D eigenvalue weighted by Gasteiger charge is 2.24. The lowest BCUT2D eigenvalue weighted by Crippen LogP contribution is -2.35. The fourth-order valence-corrected chi connectivity index (χ4v) is 1.13. The Morgan fingerprint density at radius 3 is 2.35 bits per heavy atom. The number of hydrogen-bond donors (Lipinski definition) is 0. The highest BCUT2D eigenvalue weighted by Crippen LogP contribution is 2.08. The van der Waals surface area contributed by atoms with Crippen LogP contribution in [-0.4, -0.2) is 37.2 Å². The normalized spacial score (nSPS) is 13.8. The maximum absolute atomic E-state index is 10.8. The molecule has 2 atom stereocenters. The van der Waals surface area contributed by atoms with Crippen LogP contribution in [0.2, 0.25) is 0 Å². The third kappa shape index (κ3) is 7.35. The molecule has 96 valence electrons. The van der Waals surface area contributed by atoms with Gasteiger partial charge >= 0.3 is 11.9 Å². The van der Waals surface area contributed by atoms with Gasteiger partial charge in [0.2, 0.25) is 0 Å². The Kier molecular flexibility index (Phi) is 7.79. The van der Waals surface area contributed by atoms with Crippen molar-refractivity contribution in [2.45, 2.75) is 26.1 Å². The minimum atomic E-state index is -0.935. The summed E-state index contributed by atoms with van der Waals surface area (Å²) in [5.41, 5.74) is 1.11. The number of ether oxygens (including phenoxy) is 3. The molecule has 0 aromatic carbocycles. The van der Waals surface area contributed by atoms with Gasteiger partial charge in [-0.2, -0.15) is 0 Å². The molecule has 0 heterocycles. The molecule has 6 nitrogen and oxygen atoms in total. The van der Waals surface area contributed by atoms with Crippen LogP contribution in [0.15, 0.2) is 11.6 Å². The summed E-state index contributed by atoms with van der Waals surface area (Å²) < 4.78 is 14.2. The zero-order chi connectivity index (χ0) is 13.3. The van der Waals surface area contributed by atoms with Crippen LogP contribution in [0.1, 0.15) is 13.8 Å². The summed E-state index contributed by atoms with van der Waals surface area (Å²) >= 11 is 5.36. The minimum Gasteiger partial charge on any atom is -0.462 e. The second-order valence-corrected chi connectivity index (χ2v) is 3.22. The molecule has 0 aromatic rings. The molecule has 0 radical (unpaired) electrons. The summed E-state index contributed by atoms with van der Waals surface area (Å²) in [6, 6.07) is 0. The molecular formula is C10H13ClO6. The van der Waals surface area contributed by atoms with Gasteiger partial charge in [0.15, 0.2) is 12.2 Å². The van der Waals surface area contributed by atoms with Crippen LogP contribution in [0.3, 0.4) is 0 Å². The first-order chi connectivity index (χ1) is 8.01. The molecule has 0 saturated heterocycles. The Labute approximate surface area is 103 Å². The van der Waals surface area contributed by atoms with Crippen LogP contribution in [0.25, 0.3) is 0 Å². The summed E-state index contributed by atoms with van der Waals surface area (Å²) in [5.74, 6) is -1.12. The monoisotopic (exact) mass is 264 g/mol. The zero-order valence-corrected chi connectivity index (χ0v) is 10.2. The number of carbonyl (C=O) groups excluding carboxylic acids is 3. The van der Waals surface area contributed by atoms with E-state index in [2.05, 4.69) is 9.47 Å². The van der Waals surface area contributed by atoms with E-state index in [0.29, 0.717) is 0 Å². The van der Waals surface area contributed by atoms with Gasteiger partial charge in [-0.1, -0.05) is 11.6 Å². The molecule has 0 bridgehead atoms. The second-order valence-electron chi connectivity index (χ2n) is 2.97. The van der Waals surface area contributed by atoms with Crippen LogP contribution >= 0.6 is 11.6 Å². The van der Waals surface area contributed by atoms with Crippen molar-refractivity contribution < 1.29 is 28.6 Å². The Morgan fingerprint density at radius 2 is 1.94 bits per heavy atom. The van der Waals surface area contributed by atoms with Crippen LogP contribution in [-0.2, 0) is 28.6 Å². The number of carbonyl (C=O) groups is 3. The summed E-state index contributed by atoms with van der Waals surface area (Å²) in [5, 5.41) is 0. The molecule has 17 heavy (non-hydrogen) atoms. The van der Waals surface area contributed by atoms with E-state index in [1.54, 1.807) is 0 Å². The molecule has 0 aliphatic rings. The van der Waals surface area contributed by atoms with Crippen molar-refractivity contribution in [2.75, 3.05) is 6.61 Å². The summed E-state index contributed by atoms with van der Waals surface area (Å²) in [7, 11) is 0. The highest BCUT2D eigenvalue weighted by atomic mass is 35.5. The van der Waals surface area contributed by atoms with Crippen LogP contribution in [0.4, 0.5) is 0 Å². The topological polar surface area (TPSA) is 78.9 Å². The van der Waals surface area contributed by atoms with Gasteiger partial charge in [-0.05, 0) is 6.08 Å². The van der Waals surface area contributed by atoms with Crippen molar-refractivity contribution in [1.29, 1.82) is 0 Å². The molecule has 0 saturated carbocycles. The van der Waals surface area contributed by atoms with Gasteiger partial charge in [-0.15, -0.1) is 0 Å². The fourth-order valence-electron chi connectivity index (χ4n) is 0.985. The first kappa shape index (κ1) is 15.4. The van der Waals surface area contributed by atoms with Crippen molar-refractivity contribution in [3.8, 4) is 0 Å². The van der Waals surface area contributed by atoms with Crippen LogP contribution in [0, 0.1) is 0 Å². The number of rotatable bonds is 7. The minimum absolute atomic E-state index is 0.173. The van der Waals surface area contributed by atoms with Gasteiger partial charge in [0.1, 0.15) is 6.61 Å². The largest absolute Gasteiger partial charge is 0.462 e. The molecule has 7 heteroatoms. The maximum Gasteiger partial charge on any atom is 0.303 e. The Bertz CT molecular complexity index is 301. The van der Waals surface area contributed by atoms with E-state index in [-0.39, 0.29) is 13.1 Å². The van der Waals surface area contributed by atoms with E-state index in [9.17, 15) is 14.4 Å². The predicted molar refractivity (Wildman–Crippen MR) is 58.1 cm³/mol. The lowest BCUT2D eigenvalue weighted by molar-refractivity contribution is -0.163. The van der Waals surface area contributed by atoms with Crippen LogP contribution < -0.4 is 0 Å². The molecule has 0 aromatic heterocycles. The van der Waals surface area contributed by atoms with E-state index >= 15 is 0 Å². The van der Waals surface area contributed by atoms with E-state index in [4.69, 9.17) is 16.3 Å². The number of hydrogen-bond acceptors (Lipinski definition) is 6. The van der Waals surface area contributed by atoms with Gasteiger partial charge in [0.05, 0.1) is 0 Å². The summed E-state index contributed by atoms with van der Waals surface area (Å²) in [6.07, 6.45) is -0.537. The van der Waals surface area contributed by atoms with Crippen LogP contribution in [0.5, 0.6) is 0 Å². The van der Waals surface area contributed by atoms with E-state index < -0.39 is 24.1 Å². The molecule has 0 amide bonds. The molecule has 0 aliphatic carbocycles. The van der Waals surface area contributed by atoms with Gasteiger partial charge in [0.25, 0.3) is 6.47 Å². The quantitative estimate of drug-likeness (QED) is 0.384. The van der Waals surface area contributed by atoms with Crippen molar-refractivity contribution in [1.82, 2.24) is 0 Å². The Balaban J connectivity index is 4.61. The molecule has 0 aliphatic heterocycles. The number of esters is 2. The van der Waals surface area contributed by atoms with Crippen molar-refractivity contribution >= 4 is 30.0 Å². The van der Waals surface area contributed by atoms with E-state index in [1.165, 1.54) is 19.9 Å². The van der Waals surface area contributed by atoms with E-state index in [1.807, 2.05) is 0 Å². The third-order valence-corrected chi connectivity index (χ3v) is 1.76. The maximum atomic E-state index is 10.8. The summed E-state index contributed by atoms with van der Waals surface area (Å²) in [4.78, 5) is 31.8.